The molecular weight excluding hydrogens is 495 g/mol. The van der Waals surface area contributed by atoms with E-state index in [0.29, 0.717) is 11.5 Å². The van der Waals surface area contributed by atoms with Crippen LogP contribution in [0.5, 0.6) is 0 Å². The number of hydrogen-bond acceptors (Lipinski definition) is 4. The lowest BCUT2D eigenvalue weighted by Gasteiger charge is -2.34. The quantitative estimate of drug-likeness (QED) is 0.205. The molecule has 0 atom stereocenters. The Bertz CT molecular complexity index is 582. The molecule has 1 aliphatic heterocycles. The van der Waals surface area contributed by atoms with Gasteiger partial charge in [0.25, 0.3) is 0 Å². The fourth-order valence-electron chi connectivity index (χ4n) is 4.50. The van der Waals surface area contributed by atoms with Crippen LogP contribution < -0.4 is 15.5 Å². The molecule has 3 rings (SSSR count). The zero-order valence-corrected chi connectivity index (χ0v) is 21.3. The van der Waals surface area contributed by atoms with Gasteiger partial charge >= 0.3 is 0 Å². The van der Waals surface area contributed by atoms with Crippen LogP contribution in [0.1, 0.15) is 58.8 Å². The van der Waals surface area contributed by atoms with Gasteiger partial charge in [0.05, 0.1) is 5.00 Å². The number of aliphatic imine (C=N–C) groups is 1. The molecule has 0 aromatic carbocycles. The summed E-state index contributed by atoms with van der Waals surface area (Å²) < 4.78 is 5.65. The van der Waals surface area contributed by atoms with Crippen molar-refractivity contribution >= 4 is 46.3 Å². The first kappa shape index (κ1) is 24.7. The van der Waals surface area contributed by atoms with Crippen LogP contribution in [0.3, 0.4) is 0 Å². The van der Waals surface area contributed by atoms with Gasteiger partial charge in [-0.3, -0.25) is 4.99 Å². The molecule has 0 radical (unpaired) electrons. The smallest absolute Gasteiger partial charge is 0.191 e. The third kappa shape index (κ3) is 7.58. The van der Waals surface area contributed by atoms with E-state index in [1.165, 1.54) is 30.7 Å². The second-order valence-corrected chi connectivity index (χ2v) is 9.13. The Labute approximate surface area is 198 Å². The third-order valence-electron chi connectivity index (χ3n) is 6.22. The Balaban J connectivity index is 0.00000300. The minimum atomic E-state index is 0. The van der Waals surface area contributed by atoms with E-state index in [1.54, 1.807) is 0 Å². The van der Waals surface area contributed by atoms with Crippen LogP contribution in [0, 0.1) is 5.41 Å². The molecule has 2 aliphatic rings. The van der Waals surface area contributed by atoms with Crippen LogP contribution in [0.25, 0.3) is 0 Å². The van der Waals surface area contributed by atoms with E-state index in [-0.39, 0.29) is 24.0 Å². The SMILES string of the molecule is CCNC(=NCC1(CCOCC)CCCC1)NC1CCN(c2cccs2)CC1.I. The highest BCUT2D eigenvalue weighted by Gasteiger charge is 2.33. The summed E-state index contributed by atoms with van der Waals surface area (Å²) in [5.41, 5.74) is 0.347. The fourth-order valence-corrected chi connectivity index (χ4v) is 5.28. The molecule has 7 heteroatoms. The van der Waals surface area contributed by atoms with Gasteiger partial charge < -0.3 is 20.3 Å². The number of nitrogens with one attached hydrogen (secondary N) is 2. The van der Waals surface area contributed by atoms with Crippen molar-refractivity contribution in [1.82, 2.24) is 10.6 Å². The van der Waals surface area contributed by atoms with Crippen LogP contribution in [0.2, 0.25) is 0 Å². The molecule has 0 spiro atoms. The maximum Gasteiger partial charge on any atom is 0.191 e. The minimum Gasteiger partial charge on any atom is -0.382 e. The van der Waals surface area contributed by atoms with E-state index in [1.807, 2.05) is 11.3 Å². The molecule has 2 fully saturated rings. The minimum absolute atomic E-state index is 0. The lowest BCUT2D eigenvalue weighted by atomic mass is 9.83. The first-order chi connectivity index (χ1) is 13.7. The summed E-state index contributed by atoms with van der Waals surface area (Å²) in [6, 6.07) is 4.88. The Morgan fingerprint density at radius 3 is 2.66 bits per heavy atom. The standard InChI is InChI=1S/C22H38N4OS.HI/c1-3-23-21(24-18-22(11-5-6-12-22)13-16-27-4-2)25-19-9-14-26(15-10-19)20-8-7-17-28-20;/h7-8,17,19H,3-6,9-16,18H2,1-2H3,(H2,23,24,25);1H. The molecule has 0 amide bonds. The summed E-state index contributed by atoms with van der Waals surface area (Å²) >= 11 is 1.84. The van der Waals surface area contributed by atoms with Crippen molar-refractivity contribution in [3.8, 4) is 0 Å². The van der Waals surface area contributed by atoms with E-state index in [0.717, 1.165) is 64.6 Å². The highest BCUT2D eigenvalue weighted by molar-refractivity contribution is 14.0. The number of nitrogens with zero attached hydrogens (tertiary/aromatic N) is 2. The number of ether oxygens (including phenoxy) is 1. The van der Waals surface area contributed by atoms with Crippen molar-refractivity contribution in [3.63, 3.8) is 0 Å². The molecule has 1 aromatic rings. The van der Waals surface area contributed by atoms with Gasteiger partial charge in [0.2, 0.25) is 0 Å². The Morgan fingerprint density at radius 1 is 1.28 bits per heavy atom. The average Bonchev–Trinajstić information content (AvgIpc) is 3.40. The summed E-state index contributed by atoms with van der Waals surface area (Å²) in [4.78, 5) is 7.54. The van der Waals surface area contributed by atoms with Gasteiger partial charge in [-0.1, -0.05) is 12.8 Å². The lowest BCUT2D eigenvalue weighted by Crippen LogP contribution is -2.49. The van der Waals surface area contributed by atoms with Crippen molar-refractivity contribution in [2.75, 3.05) is 44.3 Å². The maximum absolute atomic E-state index is 5.65. The number of hydrogen-bond donors (Lipinski definition) is 2. The summed E-state index contributed by atoms with van der Waals surface area (Å²) in [5.74, 6) is 1.000. The second-order valence-electron chi connectivity index (χ2n) is 8.21. The zero-order chi connectivity index (χ0) is 19.7. The summed E-state index contributed by atoms with van der Waals surface area (Å²) in [6.45, 7) is 9.99. The van der Waals surface area contributed by atoms with Gasteiger partial charge in [-0.2, -0.15) is 0 Å². The van der Waals surface area contributed by atoms with Crippen molar-refractivity contribution in [3.05, 3.63) is 17.5 Å². The van der Waals surface area contributed by atoms with E-state index in [9.17, 15) is 0 Å². The molecule has 166 valence electrons. The van der Waals surface area contributed by atoms with Crippen molar-refractivity contribution in [2.24, 2.45) is 10.4 Å². The summed E-state index contributed by atoms with van der Waals surface area (Å²) in [7, 11) is 0. The van der Waals surface area contributed by atoms with Crippen molar-refractivity contribution < 1.29 is 4.74 Å². The number of anilines is 1. The van der Waals surface area contributed by atoms with Gasteiger partial charge in [0.15, 0.2) is 5.96 Å². The molecule has 1 saturated carbocycles. The summed E-state index contributed by atoms with van der Waals surface area (Å²) in [5, 5.41) is 10.8. The van der Waals surface area contributed by atoms with Crippen LogP contribution in [-0.2, 0) is 4.74 Å². The largest absolute Gasteiger partial charge is 0.382 e. The molecule has 1 aliphatic carbocycles. The number of guanidine groups is 1. The first-order valence-corrected chi connectivity index (χ1v) is 12.0. The van der Waals surface area contributed by atoms with Gasteiger partial charge in [0, 0.05) is 45.4 Å². The first-order valence-electron chi connectivity index (χ1n) is 11.2. The predicted octanol–water partition coefficient (Wildman–Crippen LogP) is 4.88. The molecular formula is C22H39IN4OS. The van der Waals surface area contributed by atoms with Gasteiger partial charge in [-0.15, -0.1) is 35.3 Å². The number of rotatable bonds is 9. The van der Waals surface area contributed by atoms with Gasteiger partial charge in [-0.25, -0.2) is 0 Å². The molecule has 1 saturated heterocycles. The van der Waals surface area contributed by atoms with Crippen molar-refractivity contribution in [1.29, 1.82) is 0 Å². The number of piperidine rings is 1. The van der Waals surface area contributed by atoms with Crippen molar-refractivity contribution in [2.45, 2.75) is 64.8 Å². The van der Waals surface area contributed by atoms with E-state index < -0.39 is 0 Å². The van der Waals surface area contributed by atoms with Gasteiger partial charge in [-0.05, 0) is 68.9 Å². The molecule has 0 bridgehead atoms. The van der Waals surface area contributed by atoms with E-state index in [4.69, 9.17) is 9.73 Å². The van der Waals surface area contributed by atoms with Crippen LogP contribution in [0.15, 0.2) is 22.5 Å². The molecule has 1 aromatic heterocycles. The zero-order valence-electron chi connectivity index (χ0n) is 18.1. The normalized spacial score (nSPS) is 19.8. The second kappa shape index (κ2) is 13.0. The Kier molecular flexibility index (Phi) is 11.1. The highest BCUT2D eigenvalue weighted by Crippen LogP contribution is 2.41. The number of halogens is 1. The van der Waals surface area contributed by atoms with Gasteiger partial charge in [0.1, 0.15) is 0 Å². The fraction of sp³-hybridized carbons (Fsp3) is 0.773. The van der Waals surface area contributed by atoms with E-state index in [2.05, 4.69) is 46.9 Å². The molecule has 5 nitrogen and oxygen atoms in total. The molecule has 29 heavy (non-hydrogen) atoms. The number of thiophene rings is 1. The summed E-state index contributed by atoms with van der Waals surface area (Å²) in [6.07, 6.45) is 8.74. The topological polar surface area (TPSA) is 48.9 Å². The molecule has 2 heterocycles. The monoisotopic (exact) mass is 534 g/mol. The maximum atomic E-state index is 5.65. The van der Waals surface area contributed by atoms with Crippen LogP contribution in [0.4, 0.5) is 5.00 Å². The van der Waals surface area contributed by atoms with E-state index >= 15 is 0 Å². The molecule has 2 N–H and O–H groups in total. The lowest BCUT2D eigenvalue weighted by molar-refractivity contribution is 0.107. The Hall–Kier alpha value is -0.540. The Morgan fingerprint density at radius 2 is 2.03 bits per heavy atom. The molecule has 0 unspecified atom stereocenters. The third-order valence-corrected chi connectivity index (χ3v) is 7.14. The highest BCUT2D eigenvalue weighted by atomic mass is 127. The van der Waals surface area contributed by atoms with Crippen LogP contribution in [-0.4, -0.2) is 51.4 Å². The predicted molar refractivity (Wildman–Crippen MR) is 136 cm³/mol. The van der Waals surface area contributed by atoms with Crippen LogP contribution >= 0.6 is 35.3 Å². The average molecular weight is 535 g/mol.